The topological polar surface area (TPSA) is 63.2 Å². The second kappa shape index (κ2) is 6.32. The van der Waals surface area contributed by atoms with Crippen LogP contribution in [0.15, 0.2) is 17.0 Å². The number of carbonyl (C=O) groups excluding carboxylic acids is 1. The van der Waals surface area contributed by atoms with Crippen LogP contribution in [0.4, 0.5) is 4.39 Å². The van der Waals surface area contributed by atoms with Crippen LogP contribution in [0.5, 0.6) is 0 Å². The maximum absolute atomic E-state index is 13.6. The van der Waals surface area contributed by atoms with Crippen molar-refractivity contribution in [2.75, 3.05) is 0 Å². The third-order valence-electron chi connectivity index (χ3n) is 3.77. The normalized spacial score (nSPS) is 16.7. The molecule has 1 fully saturated rings. The highest BCUT2D eigenvalue weighted by Gasteiger charge is 2.23. The molecule has 21 heavy (non-hydrogen) atoms. The monoisotopic (exact) mass is 333 g/mol. The van der Waals surface area contributed by atoms with Gasteiger partial charge in [-0.3, -0.25) is 4.79 Å². The molecule has 1 saturated carbocycles. The molecule has 0 spiro atoms. The lowest BCUT2D eigenvalue weighted by atomic mass is 9.95. The van der Waals surface area contributed by atoms with Gasteiger partial charge in [-0.1, -0.05) is 19.3 Å². The van der Waals surface area contributed by atoms with E-state index in [2.05, 4.69) is 5.32 Å². The molecule has 1 aliphatic carbocycles. The van der Waals surface area contributed by atoms with Crippen LogP contribution in [0, 0.1) is 12.7 Å². The average molecular weight is 334 g/mol. The van der Waals surface area contributed by atoms with E-state index in [-0.39, 0.29) is 22.1 Å². The molecule has 116 valence electrons. The minimum atomic E-state index is -4.09. The second-order valence-corrected chi connectivity index (χ2v) is 7.86. The Bertz CT molecular complexity index is 654. The molecule has 0 bridgehead atoms. The van der Waals surface area contributed by atoms with Crippen molar-refractivity contribution in [2.24, 2.45) is 0 Å². The van der Waals surface area contributed by atoms with Gasteiger partial charge >= 0.3 is 0 Å². The highest BCUT2D eigenvalue weighted by atomic mass is 35.7. The number of hydrogen-bond acceptors (Lipinski definition) is 3. The van der Waals surface area contributed by atoms with Crippen LogP contribution in [0.2, 0.25) is 0 Å². The zero-order valence-electron chi connectivity index (χ0n) is 11.7. The molecule has 0 saturated heterocycles. The van der Waals surface area contributed by atoms with Crippen LogP contribution >= 0.6 is 10.7 Å². The third kappa shape index (κ3) is 3.95. The van der Waals surface area contributed by atoms with Crippen molar-refractivity contribution < 1.29 is 17.6 Å². The van der Waals surface area contributed by atoms with Crippen molar-refractivity contribution in [3.8, 4) is 0 Å². The van der Waals surface area contributed by atoms with Gasteiger partial charge in [-0.15, -0.1) is 0 Å². The van der Waals surface area contributed by atoms with E-state index < -0.39 is 20.8 Å². The molecule has 1 aromatic carbocycles. The summed E-state index contributed by atoms with van der Waals surface area (Å²) in [4.78, 5) is 11.9. The van der Waals surface area contributed by atoms with Gasteiger partial charge in [-0.25, -0.2) is 12.8 Å². The predicted molar refractivity (Wildman–Crippen MR) is 78.5 cm³/mol. The summed E-state index contributed by atoms with van der Waals surface area (Å²) in [5.41, 5.74) is 0.180. The molecular formula is C14H17ClFNO3S. The van der Waals surface area contributed by atoms with Crippen molar-refractivity contribution in [1.82, 2.24) is 5.32 Å². The van der Waals surface area contributed by atoms with Crippen molar-refractivity contribution in [3.05, 3.63) is 29.1 Å². The highest BCUT2D eigenvalue weighted by Crippen LogP contribution is 2.25. The van der Waals surface area contributed by atoms with Gasteiger partial charge in [0.25, 0.3) is 15.0 Å². The molecule has 2 rings (SSSR count). The summed E-state index contributed by atoms with van der Waals surface area (Å²) in [5.74, 6) is -1.26. The van der Waals surface area contributed by atoms with Crippen molar-refractivity contribution in [3.63, 3.8) is 0 Å². The number of carbonyl (C=O) groups is 1. The number of amides is 1. The summed E-state index contributed by atoms with van der Waals surface area (Å²) >= 11 is 0. The molecule has 1 amide bonds. The molecule has 0 heterocycles. The van der Waals surface area contributed by atoms with E-state index in [0.29, 0.717) is 0 Å². The lowest BCUT2D eigenvalue weighted by Crippen LogP contribution is -2.36. The summed E-state index contributed by atoms with van der Waals surface area (Å²) < 4.78 is 36.4. The van der Waals surface area contributed by atoms with Crippen molar-refractivity contribution in [2.45, 2.75) is 50.0 Å². The summed E-state index contributed by atoms with van der Waals surface area (Å²) in [6, 6.07) is 1.93. The van der Waals surface area contributed by atoms with Gasteiger partial charge in [-0.05, 0) is 37.5 Å². The minimum Gasteiger partial charge on any atom is -0.349 e. The molecule has 0 aliphatic heterocycles. The molecule has 4 nitrogen and oxygen atoms in total. The van der Waals surface area contributed by atoms with Gasteiger partial charge in [-0.2, -0.15) is 0 Å². The standard InChI is InChI=1S/C14H17ClFNO3S/c1-9-12(7-10(16)8-13(9)21(15,19)20)14(18)17-11-5-3-2-4-6-11/h7-8,11H,2-6H2,1H3,(H,17,18). The summed E-state index contributed by atoms with van der Waals surface area (Å²) in [6.45, 7) is 1.45. The van der Waals surface area contributed by atoms with Gasteiger partial charge in [0, 0.05) is 22.3 Å². The van der Waals surface area contributed by atoms with E-state index in [9.17, 15) is 17.6 Å². The fraction of sp³-hybridized carbons (Fsp3) is 0.500. The maximum Gasteiger partial charge on any atom is 0.261 e. The quantitative estimate of drug-likeness (QED) is 0.864. The third-order valence-corrected chi connectivity index (χ3v) is 5.22. The van der Waals surface area contributed by atoms with Crippen LogP contribution in [-0.2, 0) is 9.05 Å². The Morgan fingerprint density at radius 1 is 1.29 bits per heavy atom. The average Bonchev–Trinajstić information content (AvgIpc) is 2.40. The Hall–Kier alpha value is -1.14. The molecule has 7 heteroatoms. The van der Waals surface area contributed by atoms with Gasteiger partial charge in [0.05, 0.1) is 4.90 Å². The fourth-order valence-corrected chi connectivity index (χ4v) is 3.86. The van der Waals surface area contributed by atoms with Gasteiger partial charge in [0.1, 0.15) is 5.82 Å². The lowest BCUT2D eigenvalue weighted by Gasteiger charge is -2.23. The second-order valence-electron chi connectivity index (χ2n) is 5.32. The van der Waals surface area contributed by atoms with Crippen LogP contribution in [0.3, 0.4) is 0 Å². The maximum atomic E-state index is 13.6. The first-order valence-corrected chi connectivity index (χ1v) is 9.15. The Morgan fingerprint density at radius 2 is 1.90 bits per heavy atom. The zero-order valence-corrected chi connectivity index (χ0v) is 13.2. The van der Waals surface area contributed by atoms with Gasteiger partial charge in [0.15, 0.2) is 0 Å². The van der Waals surface area contributed by atoms with E-state index in [4.69, 9.17) is 10.7 Å². The molecule has 0 atom stereocenters. The first-order valence-electron chi connectivity index (χ1n) is 6.84. The van der Waals surface area contributed by atoms with Gasteiger partial charge < -0.3 is 5.32 Å². The smallest absolute Gasteiger partial charge is 0.261 e. The SMILES string of the molecule is Cc1c(C(=O)NC2CCCCC2)cc(F)cc1S(=O)(=O)Cl. The number of benzene rings is 1. The van der Waals surface area contributed by atoms with E-state index in [0.717, 1.165) is 44.2 Å². The molecular weight excluding hydrogens is 317 g/mol. The van der Waals surface area contributed by atoms with E-state index in [1.165, 1.54) is 6.92 Å². The minimum absolute atomic E-state index is 0.0137. The molecule has 0 unspecified atom stereocenters. The number of nitrogens with one attached hydrogen (secondary N) is 1. The van der Waals surface area contributed by atoms with Crippen molar-refractivity contribution >= 4 is 25.6 Å². The number of halogens is 2. The van der Waals surface area contributed by atoms with Crippen molar-refractivity contribution in [1.29, 1.82) is 0 Å². The largest absolute Gasteiger partial charge is 0.349 e. The van der Waals surface area contributed by atoms with Crippen LogP contribution in [0.25, 0.3) is 0 Å². The number of rotatable bonds is 3. The van der Waals surface area contributed by atoms with E-state index >= 15 is 0 Å². The number of hydrogen-bond donors (Lipinski definition) is 1. The summed E-state index contributed by atoms with van der Waals surface area (Å²) in [6.07, 6.45) is 5.03. The zero-order chi connectivity index (χ0) is 15.6. The van der Waals surface area contributed by atoms with E-state index in [1.54, 1.807) is 0 Å². The fourth-order valence-electron chi connectivity index (χ4n) is 2.65. The molecule has 0 aromatic heterocycles. The van der Waals surface area contributed by atoms with Crippen LogP contribution < -0.4 is 5.32 Å². The van der Waals surface area contributed by atoms with E-state index in [1.807, 2.05) is 0 Å². The van der Waals surface area contributed by atoms with Gasteiger partial charge in [0.2, 0.25) is 0 Å². The first-order chi connectivity index (χ1) is 9.79. The molecule has 1 N–H and O–H groups in total. The first kappa shape index (κ1) is 16.2. The summed E-state index contributed by atoms with van der Waals surface area (Å²) in [5, 5.41) is 2.84. The Balaban J connectivity index is 2.30. The Morgan fingerprint density at radius 3 is 2.48 bits per heavy atom. The molecule has 1 aromatic rings. The highest BCUT2D eigenvalue weighted by molar-refractivity contribution is 8.13. The molecule has 1 aliphatic rings. The lowest BCUT2D eigenvalue weighted by molar-refractivity contribution is 0.0926. The van der Waals surface area contributed by atoms with Crippen LogP contribution in [0.1, 0.15) is 48.0 Å². The van der Waals surface area contributed by atoms with Crippen LogP contribution in [-0.4, -0.2) is 20.4 Å². The summed E-state index contributed by atoms with van der Waals surface area (Å²) in [7, 11) is 1.19. The molecule has 0 radical (unpaired) electrons. The Labute approximate surface area is 128 Å². The predicted octanol–water partition coefficient (Wildman–Crippen LogP) is 3.12. The Kier molecular flexibility index (Phi) is 4.88.